The largest absolute Gasteiger partial charge is 0.507 e. The maximum absolute atomic E-state index is 13.3. The Labute approximate surface area is 200 Å². The Morgan fingerprint density at radius 3 is 2.94 bits per heavy atom. The number of thiazole rings is 1. The first-order valence-electron chi connectivity index (χ1n) is 10.8. The van der Waals surface area contributed by atoms with Gasteiger partial charge in [-0.05, 0) is 48.4 Å². The van der Waals surface area contributed by atoms with E-state index in [1.165, 1.54) is 16.2 Å². The second-order valence-electron chi connectivity index (χ2n) is 8.11. The summed E-state index contributed by atoms with van der Waals surface area (Å²) in [5, 5.41) is 13.4. The zero-order valence-electron chi connectivity index (χ0n) is 18.4. The molecule has 34 heavy (non-hydrogen) atoms. The summed E-state index contributed by atoms with van der Waals surface area (Å²) in [6.07, 6.45) is 3.95. The molecule has 0 spiro atoms. The van der Waals surface area contributed by atoms with Gasteiger partial charge in [0.15, 0.2) is 5.13 Å². The Bertz CT molecular complexity index is 1310. The Morgan fingerprint density at radius 1 is 1.32 bits per heavy atom. The van der Waals surface area contributed by atoms with Crippen molar-refractivity contribution in [2.24, 2.45) is 0 Å². The molecule has 0 saturated carbocycles. The first-order chi connectivity index (χ1) is 16.5. The van der Waals surface area contributed by atoms with E-state index in [1.807, 2.05) is 13.0 Å². The number of ketones is 1. The topological polar surface area (TPSA) is 89.0 Å². The van der Waals surface area contributed by atoms with Gasteiger partial charge in [-0.1, -0.05) is 24.8 Å². The van der Waals surface area contributed by atoms with Crippen LogP contribution in [0, 0.1) is 0 Å². The van der Waals surface area contributed by atoms with Gasteiger partial charge in [0.2, 0.25) is 0 Å². The number of aliphatic hydroxyl groups excluding tert-OH is 1. The maximum atomic E-state index is 13.3. The van der Waals surface area contributed by atoms with Crippen molar-refractivity contribution < 1.29 is 24.2 Å². The van der Waals surface area contributed by atoms with Crippen LogP contribution in [0.1, 0.15) is 29.7 Å². The molecule has 2 aliphatic rings. The molecular formula is C26H22N2O5S. The summed E-state index contributed by atoms with van der Waals surface area (Å²) < 4.78 is 11.4. The van der Waals surface area contributed by atoms with Gasteiger partial charge in [0.05, 0.1) is 11.6 Å². The first kappa shape index (κ1) is 21.9. The molecule has 2 atom stereocenters. The highest BCUT2D eigenvalue weighted by molar-refractivity contribution is 7.14. The van der Waals surface area contributed by atoms with Crippen LogP contribution in [0.5, 0.6) is 11.5 Å². The minimum Gasteiger partial charge on any atom is -0.507 e. The lowest BCUT2D eigenvalue weighted by atomic mass is 9.94. The highest BCUT2D eigenvalue weighted by Crippen LogP contribution is 2.44. The molecule has 0 unspecified atom stereocenters. The lowest BCUT2D eigenvalue weighted by Gasteiger charge is -2.23. The van der Waals surface area contributed by atoms with E-state index in [4.69, 9.17) is 9.47 Å². The SMILES string of the molecule is C=CCOc1cccc([C@H]2C(=C(O)c3ccc4c(c3)C[C@H](C)O4)C(=O)C(=O)N2c2nccs2)c1. The highest BCUT2D eigenvalue weighted by Gasteiger charge is 2.48. The number of aliphatic hydroxyl groups is 1. The quantitative estimate of drug-likeness (QED) is 0.242. The van der Waals surface area contributed by atoms with Gasteiger partial charge in [-0.3, -0.25) is 14.5 Å². The Morgan fingerprint density at radius 2 is 2.18 bits per heavy atom. The lowest BCUT2D eigenvalue weighted by molar-refractivity contribution is -0.132. The number of amides is 1. The van der Waals surface area contributed by atoms with Crippen LogP contribution in [-0.4, -0.2) is 34.5 Å². The molecule has 5 rings (SSSR count). The van der Waals surface area contributed by atoms with Gasteiger partial charge in [0.1, 0.15) is 30.0 Å². The molecule has 3 heterocycles. The van der Waals surface area contributed by atoms with E-state index >= 15 is 0 Å². The number of nitrogens with zero attached hydrogens (tertiary/aromatic N) is 2. The maximum Gasteiger partial charge on any atom is 0.301 e. The monoisotopic (exact) mass is 474 g/mol. The minimum absolute atomic E-state index is 0.00739. The van der Waals surface area contributed by atoms with Crippen molar-refractivity contribution >= 4 is 33.9 Å². The zero-order valence-corrected chi connectivity index (χ0v) is 19.2. The van der Waals surface area contributed by atoms with Gasteiger partial charge in [0, 0.05) is 23.6 Å². The predicted octanol–water partition coefficient (Wildman–Crippen LogP) is 4.66. The van der Waals surface area contributed by atoms with Gasteiger partial charge < -0.3 is 14.6 Å². The average Bonchev–Trinajstić information content (AvgIpc) is 3.55. The van der Waals surface area contributed by atoms with Crippen molar-refractivity contribution in [3.05, 3.63) is 89.0 Å². The summed E-state index contributed by atoms with van der Waals surface area (Å²) in [5.41, 5.74) is 2.03. The standard InChI is InChI=1S/C26H22N2O5S/c1-3-10-32-19-6-4-5-16(14-19)22-21(24(30)25(31)28(22)26-27-9-11-34-26)23(29)17-7-8-20-18(13-17)12-15(2)33-20/h3-9,11,13-15,22,29H,1,10,12H2,2H3/t15-,22-/m0/s1. The van der Waals surface area contributed by atoms with Gasteiger partial charge in [0.25, 0.3) is 5.78 Å². The van der Waals surface area contributed by atoms with Crippen LogP contribution in [0.25, 0.3) is 5.76 Å². The van der Waals surface area contributed by atoms with Crippen LogP contribution in [0.2, 0.25) is 0 Å². The summed E-state index contributed by atoms with van der Waals surface area (Å²) in [6, 6.07) is 11.5. The van der Waals surface area contributed by atoms with Crippen LogP contribution in [0.4, 0.5) is 5.13 Å². The number of Topliss-reactive ketones (excluding diaryl/α,β-unsaturated/α-hetero) is 1. The summed E-state index contributed by atoms with van der Waals surface area (Å²) in [6.45, 7) is 5.94. The number of ether oxygens (including phenoxy) is 2. The van der Waals surface area contributed by atoms with Crippen LogP contribution in [-0.2, 0) is 16.0 Å². The smallest absolute Gasteiger partial charge is 0.301 e. The van der Waals surface area contributed by atoms with Gasteiger partial charge in [-0.25, -0.2) is 4.98 Å². The normalized spacial score (nSPS) is 20.8. The number of hydrogen-bond donors (Lipinski definition) is 1. The molecule has 8 heteroatoms. The number of hydrogen-bond acceptors (Lipinski definition) is 7. The van der Waals surface area contributed by atoms with Crippen LogP contribution >= 0.6 is 11.3 Å². The van der Waals surface area contributed by atoms with Gasteiger partial charge in [-0.15, -0.1) is 11.3 Å². The van der Waals surface area contributed by atoms with Crippen molar-refractivity contribution in [3.8, 4) is 11.5 Å². The van der Waals surface area contributed by atoms with E-state index in [0.717, 1.165) is 11.3 Å². The third-order valence-corrected chi connectivity index (χ3v) is 6.55. The molecule has 0 bridgehead atoms. The van der Waals surface area contributed by atoms with E-state index in [1.54, 1.807) is 54.1 Å². The number of carbonyl (C=O) groups excluding carboxylic acids is 2. The van der Waals surface area contributed by atoms with E-state index in [2.05, 4.69) is 11.6 Å². The third kappa shape index (κ3) is 3.76. The van der Waals surface area contributed by atoms with Crippen molar-refractivity contribution in [3.63, 3.8) is 0 Å². The Hall–Kier alpha value is -3.91. The summed E-state index contributed by atoms with van der Waals surface area (Å²) in [4.78, 5) is 32.0. The fourth-order valence-corrected chi connectivity index (χ4v) is 5.00. The predicted molar refractivity (Wildman–Crippen MR) is 129 cm³/mol. The Kier molecular flexibility index (Phi) is 5.67. The van der Waals surface area contributed by atoms with Crippen molar-refractivity contribution in [1.82, 2.24) is 4.98 Å². The van der Waals surface area contributed by atoms with Gasteiger partial charge in [-0.2, -0.15) is 0 Å². The number of benzene rings is 2. The second kappa shape index (κ2) is 8.79. The number of rotatable bonds is 6. The summed E-state index contributed by atoms with van der Waals surface area (Å²) in [7, 11) is 0. The fraction of sp³-hybridized carbons (Fsp3) is 0.192. The summed E-state index contributed by atoms with van der Waals surface area (Å²) in [5.74, 6) is -0.416. The van der Waals surface area contributed by atoms with E-state index in [0.29, 0.717) is 35.0 Å². The number of aromatic nitrogens is 1. The molecular weight excluding hydrogens is 452 g/mol. The molecule has 172 valence electrons. The first-order valence-corrected chi connectivity index (χ1v) is 11.7. The second-order valence-corrected chi connectivity index (χ2v) is 8.98. The lowest BCUT2D eigenvalue weighted by Crippen LogP contribution is -2.29. The average molecular weight is 475 g/mol. The molecule has 1 N–H and O–H groups in total. The van der Waals surface area contributed by atoms with Crippen molar-refractivity contribution in [2.75, 3.05) is 11.5 Å². The zero-order chi connectivity index (χ0) is 23.8. The van der Waals surface area contributed by atoms with E-state index in [-0.39, 0.29) is 17.4 Å². The molecule has 1 aromatic heterocycles. The molecule has 7 nitrogen and oxygen atoms in total. The summed E-state index contributed by atoms with van der Waals surface area (Å²) >= 11 is 1.25. The van der Waals surface area contributed by atoms with Crippen LogP contribution in [0.3, 0.4) is 0 Å². The van der Waals surface area contributed by atoms with Crippen molar-refractivity contribution in [2.45, 2.75) is 25.5 Å². The number of carbonyl (C=O) groups is 2. The molecule has 1 amide bonds. The minimum atomic E-state index is -0.859. The highest BCUT2D eigenvalue weighted by atomic mass is 32.1. The van der Waals surface area contributed by atoms with Crippen LogP contribution < -0.4 is 14.4 Å². The molecule has 1 fully saturated rings. The number of fused-ring (bicyclic) bond motifs is 1. The molecule has 0 radical (unpaired) electrons. The fourth-order valence-electron chi connectivity index (χ4n) is 4.33. The van der Waals surface area contributed by atoms with E-state index < -0.39 is 17.7 Å². The molecule has 2 aliphatic heterocycles. The van der Waals surface area contributed by atoms with Crippen molar-refractivity contribution in [1.29, 1.82) is 0 Å². The van der Waals surface area contributed by atoms with Crippen LogP contribution in [0.15, 0.2) is 72.3 Å². The third-order valence-electron chi connectivity index (χ3n) is 5.78. The van der Waals surface area contributed by atoms with E-state index in [9.17, 15) is 14.7 Å². The molecule has 2 aromatic carbocycles. The molecule has 3 aromatic rings. The molecule has 1 saturated heterocycles. The Balaban J connectivity index is 1.66. The number of anilines is 1. The molecule has 0 aliphatic carbocycles. The van der Waals surface area contributed by atoms with Gasteiger partial charge >= 0.3 is 5.91 Å².